The molecule has 2 saturated carbocycles. The zero-order valence-corrected chi connectivity index (χ0v) is 22.7. The van der Waals surface area contributed by atoms with Gasteiger partial charge in [0, 0.05) is 19.7 Å². The van der Waals surface area contributed by atoms with Gasteiger partial charge in [0.1, 0.15) is 0 Å². The van der Waals surface area contributed by atoms with Crippen molar-refractivity contribution >= 4 is 5.91 Å². The second kappa shape index (κ2) is 14.1. The van der Waals surface area contributed by atoms with Gasteiger partial charge in [-0.05, 0) is 100 Å². The molecule has 2 fully saturated rings. The average molecular weight is 466 g/mol. The van der Waals surface area contributed by atoms with Crippen LogP contribution >= 0.6 is 0 Å². The Morgan fingerprint density at radius 3 is 2.09 bits per heavy atom. The van der Waals surface area contributed by atoms with Crippen molar-refractivity contribution < 1.29 is 4.79 Å². The van der Waals surface area contributed by atoms with Gasteiger partial charge in [-0.25, -0.2) is 0 Å². The summed E-state index contributed by atoms with van der Waals surface area (Å²) < 4.78 is 0. The lowest BCUT2D eigenvalue weighted by Crippen LogP contribution is -2.26. The summed E-state index contributed by atoms with van der Waals surface area (Å²) >= 11 is 0. The van der Waals surface area contributed by atoms with Gasteiger partial charge in [0.05, 0.1) is 0 Å². The molecule has 0 bridgehead atoms. The molecule has 34 heavy (non-hydrogen) atoms. The quantitative estimate of drug-likeness (QED) is 0.236. The molecule has 1 amide bonds. The number of allylic oxidation sites excluding steroid dienone is 1. The minimum atomic E-state index is 0.117. The molecule has 1 aromatic rings. The second-order valence-corrected chi connectivity index (χ2v) is 11.7. The van der Waals surface area contributed by atoms with E-state index < -0.39 is 0 Å². The maximum atomic E-state index is 12.1. The van der Waals surface area contributed by atoms with Crippen molar-refractivity contribution in [1.29, 1.82) is 0 Å². The van der Waals surface area contributed by atoms with Crippen LogP contribution in [0, 0.1) is 17.8 Å². The van der Waals surface area contributed by atoms with E-state index >= 15 is 0 Å². The summed E-state index contributed by atoms with van der Waals surface area (Å²) in [5, 5.41) is 0. The van der Waals surface area contributed by atoms with E-state index in [1.54, 1.807) is 11.6 Å². The lowest BCUT2D eigenvalue weighted by Gasteiger charge is -2.38. The number of unbranched alkanes of at least 4 members (excludes halogenated alkanes) is 2. The van der Waals surface area contributed by atoms with Gasteiger partial charge in [-0.1, -0.05) is 75.3 Å². The Bertz CT molecular complexity index is 744. The van der Waals surface area contributed by atoms with Crippen LogP contribution in [0.25, 0.3) is 0 Å². The van der Waals surface area contributed by atoms with Crippen LogP contribution in [0.5, 0.6) is 0 Å². The molecule has 0 spiro atoms. The van der Waals surface area contributed by atoms with Crippen LogP contribution in [0.1, 0.15) is 121 Å². The number of rotatable bonds is 11. The number of nitrogens with zero attached hydrogens (tertiary/aromatic N) is 1. The van der Waals surface area contributed by atoms with Crippen molar-refractivity contribution in [3.63, 3.8) is 0 Å². The number of aryl methyl sites for hydroxylation is 1. The highest BCUT2D eigenvalue weighted by Crippen LogP contribution is 2.44. The number of carbonyl (C=O) groups excluding carboxylic acids is 1. The van der Waals surface area contributed by atoms with Gasteiger partial charge in [-0.15, -0.1) is 0 Å². The third-order valence-electron chi connectivity index (χ3n) is 8.74. The van der Waals surface area contributed by atoms with Gasteiger partial charge in [-0.2, -0.15) is 0 Å². The lowest BCUT2D eigenvalue weighted by atomic mass is 9.68. The van der Waals surface area contributed by atoms with E-state index in [0.717, 1.165) is 48.6 Å². The van der Waals surface area contributed by atoms with E-state index in [0.29, 0.717) is 0 Å². The highest BCUT2D eigenvalue weighted by Gasteiger charge is 2.31. The minimum absolute atomic E-state index is 0.117. The highest BCUT2D eigenvalue weighted by molar-refractivity contribution is 5.87. The summed E-state index contributed by atoms with van der Waals surface area (Å²) in [6.07, 6.45) is 21.2. The Balaban J connectivity index is 1.36. The fraction of sp³-hybridized carbons (Fsp3) is 0.719. The molecular weight excluding hydrogens is 414 g/mol. The SMILES string of the molecule is CCCCCC1CCC(C2CCC(c3ccc(CCCN(C)C(=O)C=C(C)C)cc3)CC2)CC1. The van der Waals surface area contributed by atoms with Crippen LogP contribution in [0.2, 0.25) is 0 Å². The number of benzene rings is 1. The Kier molecular flexibility index (Phi) is 11.2. The Morgan fingerprint density at radius 2 is 1.50 bits per heavy atom. The van der Waals surface area contributed by atoms with E-state index in [1.165, 1.54) is 82.6 Å². The first kappa shape index (κ1) is 27.0. The predicted octanol–water partition coefficient (Wildman–Crippen LogP) is 8.70. The number of likely N-dealkylation sites (N-methyl/N-ethyl adjacent to an activating group) is 1. The third kappa shape index (κ3) is 8.58. The number of amides is 1. The molecule has 0 saturated heterocycles. The van der Waals surface area contributed by atoms with E-state index in [-0.39, 0.29) is 5.91 Å². The number of hydrogen-bond donors (Lipinski definition) is 0. The topological polar surface area (TPSA) is 20.3 Å². The highest BCUT2D eigenvalue weighted by atomic mass is 16.2. The molecule has 0 heterocycles. The van der Waals surface area contributed by atoms with Gasteiger partial charge in [-0.3, -0.25) is 4.79 Å². The molecule has 3 rings (SSSR count). The summed E-state index contributed by atoms with van der Waals surface area (Å²) in [5.74, 6) is 3.94. The first-order chi connectivity index (χ1) is 16.5. The Hall–Kier alpha value is -1.57. The van der Waals surface area contributed by atoms with E-state index in [4.69, 9.17) is 0 Å². The van der Waals surface area contributed by atoms with Gasteiger partial charge >= 0.3 is 0 Å². The molecule has 0 aromatic heterocycles. The molecule has 2 aliphatic rings. The van der Waals surface area contributed by atoms with Gasteiger partial charge in [0.2, 0.25) is 5.91 Å². The van der Waals surface area contributed by atoms with Crippen LogP contribution in [0.15, 0.2) is 35.9 Å². The molecule has 2 heteroatoms. The van der Waals surface area contributed by atoms with Crippen LogP contribution in [0.4, 0.5) is 0 Å². The summed E-state index contributed by atoms with van der Waals surface area (Å²) in [5.41, 5.74) is 4.01. The van der Waals surface area contributed by atoms with Crippen molar-refractivity contribution in [1.82, 2.24) is 4.90 Å². The number of carbonyl (C=O) groups is 1. The van der Waals surface area contributed by atoms with Crippen molar-refractivity contribution in [3.05, 3.63) is 47.0 Å². The van der Waals surface area contributed by atoms with E-state index in [2.05, 4.69) is 31.2 Å². The predicted molar refractivity (Wildman–Crippen MR) is 146 cm³/mol. The largest absolute Gasteiger partial charge is 0.342 e. The third-order valence-corrected chi connectivity index (χ3v) is 8.74. The van der Waals surface area contributed by atoms with Crippen LogP contribution in [-0.2, 0) is 11.2 Å². The fourth-order valence-corrected chi connectivity index (χ4v) is 6.50. The molecule has 2 aliphatic carbocycles. The molecule has 190 valence electrons. The summed E-state index contributed by atoms with van der Waals surface area (Å²) in [6.45, 7) is 7.08. The van der Waals surface area contributed by atoms with Gasteiger partial charge < -0.3 is 4.90 Å². The van der Waals surface area contributed by atoms with Gasteiger partial charge in [0.25, 0.3) is 0 Å². The molecule has 0 radical (unpaired) electrons. The first-order valence-electron chi connectivity index (χ1n) is 14.4. The van der Waals surface area contributed by atoms with Crippen LogP contribution in [-0.4, -0.2) is 24.4 Å². The standard InChI is InChI=1S/C32H51NO/c1-5-6-7-9-26-11-15-28(16-12-26)30-19-21-31(22-20-30)29-17-13-27(14-18-29)10-8-23-33(4)32(34)24-25(2)3/h13-14,17-18,24,26,28,30-31H,5-12,15-16,19-23H2,1-4H3. The average Bonchev–Trinajstić information content (AvgIpc) is 2.85. The monoisotopic (exact) mass is 465 g/mol. The normalized spacial score (nSPS) is 25.1. The molecule has 2 nitrogen and oxygen atoms in total. The molecule has 0 atom stereocenters. The van der Waals surface area contributed by atoms with Crippen molar-refractivity contribution in [2.75, 3.05) is 13.6 Å². The second-order valence-electron chi connectivity index (χ2n) is 11.7. The van der Waals surface area contributed by atoms with Crippen LogP contribution in [0.3, 0.4) is 0 Å². The fourth-order valence-electron chi connectivity index (χ4n) is 6.50. The number of hydrogen-bond acceptors (Lipinski definition) is 1. The van der Waals surface area contributed by atoms with Crippen molar-refractivity contribution in [2.45, 2.75) is 117 Å². The summed E-state index contributed by atoms with van der Waals surface area (Å²) in [7, 11) is 1.90. The maximum Gasteiger partial charge on any atom is 0.246 e. The zero-order chi connectivity index (χ0) is 24.3. The van der Waals surface area contributed by atoms with Gasteiger partial charge in [0.15, 0.2) is 0 Å². The first-order valence-corrected chi connectivity index (χ1v) is 14.4. The van der Waals surface area contributed by atoms with E-state index in [9.17, 15) is 4.79 Å². The molecular formula is C32H51NO. The molecule has 0 unspecified atom stereocenters. The smallest absolute Gasteiger partial charge is 0.246 e. The summed E-state index contributed by atoms with van der Waals surface area (Å²) in [6, 6.07) is 9.44. The molecule has 0 N–H and O–H groups in total. The minimum Gasteiger partial charge on any atom is -0.342 e. The van der Waals surface area contributed by atoms with Crippen molar-refractivity contribution in [3.8, 4) is 0 Å². The van der Waals surface area contributed by atoms with Crippen molar-refractivity contribution in [2.24, 2.45) is 17.8 Å². The lowest BCUT2D eigenvalue weighted by molar-refractivity contribution is -0.124. The molecule has 1 aromatic carbocycles. The Labute approximate surface area is 210 Å². The maximum absolute atomic E-state index is 12.1. The zero-order valence-electron chi connectivity index (χ0n) is 22.7. The van der Waals surface area contributed by atoms with E-state index in [1.807, 2.05) is 25.8 Å². The molecule has 0 aliphatic heterocycles. The van der Waals surface area contributed by atoms with Crippen LogP contribution < -0.4 is 0 Å². The Morgan fingerprint density at radius 1 is 0.882 bits per heavy atom. The summed E-state index contributed by atoms with van der Waals surface area (Å²) in [4.78, 5) is 13.9.